The van der Waals surface area contributed by atoms with Gasteiger partial charge in [-0.05, 0) is 19.8 Å². The third-order valence-electron chi connectivity index (χ3n) is 3.22. The van der Waals surface area contributed by atoms with Gasteiger partial charge >= 0.3 is 5.97 Å². The molecule has 102 valence electrons. The molecule has 0 aliphatic rings. The molecule has 0 N–H and O–H groups in total. The molecule has 1 atom stereocenters. The number of carbonyl (C=O) groups excluding carboxylic acids is 1. The zero-order valence-electron chi connectivity index (χ0n) is 11.9. The van der Waals surface area contributed by atoms with Crippen molar-refractivity contribution in [2.75, 3.05) is 27.4 Å². The molecule has 0 spiro atoms. The second-order valence-electron chi connectivity index (χ2n) is 4.33. The van der Waals surface area contributed by atoms with E-state index in [0.717, 1.165) is 19.4 Å². The number of methoxy groups -OCH3 is 2. The van der Waals surface area contributed by atoms with Crippen LogP contribution in [0.4, 0.5) is 0 Å². The van der Waals surface area contributed by atoms with Crippen LogP contribution in [-0.2, 0) is 14.3 Å². The molecule has 0 heterocycles. The van der Waals surface area contributed by atoms with Crippen LogP contribution in [0.15, 0.2) is 0 Å². The Morgan fingerprint density at radius 3 is 2.24 bits per heavy atom. The summed E-state index contributed by atoms with van der Waals surface area (Å²) in [5, 5.41) is 0. The fraction of sp³-hybridized carbons (Fsp3) is 0.923. The van der Waals surface area contributed by atoms with Crippen LogP contribution in [-0.4, -0.2) is 50.3 Å². The van der Waals surface area contributed by atoms with Gasteiger partial charge in [-0.25, -0.2) is 0 Å². The largest absolute Gasteiger partial charge is 0.469 e. The van der Waals surface area contributed by atoms with E-state index in [1.807, 2.05) is 0 Å². The van der Waals surface area contributed by atoms with Crippen LogP contribution >= 0.6 is 0 Å². The van der Waals surface area contributed by atoms with Gasteiger partial charge in [0.1, 0.15) is 0 Å². The van der Waals surface area contributed by atoms with E-state index in [1.54, 1.807) is 7.11 Å². The fourth-order valence-corrected chi connectivity index (χ4v) is 2.16. The molecule has 0 amide bonds. The summed E-state index contributed by atoms with van der Waals surface area (Å²) in [5.41, 5.74) is 0. The minimum absolute atomic E-state index is 0.147. The van der Waals surface area contributed by atoms with Crippen LogP contribution in [0.2, 0.25) is 0 Å². The summed E-state index contributed by atoms with van der Waals surface area (Å²) in [6, 6.07) is 0.701. The van der Waals surface area contributed by atoms with Gasteiger partial charge in [0.05, 0.1) is 20.1 Å². The molecule has 0 bridgehead atoms. The summed E-state index contributed by atoms with van der Waals surface area (Å²) in [4.78, 5) is 13.7. The number of hydrogen-bond donors (Lipinski definition) is 0. The smallest absolute Gasteiger partial charge is 0.307 e. The monoisotopic (exact) mass is 245 g/mol. The van der Waals surface area contributed by atoms with Crippen molar-refractivity contribution in [1.82, 2.24) is 4.90 Å². The second kappa shape index (κ2) is 9.42. The summed E-state index contributed by atoms with van der Waals surface area (Å²) in [6.45, 7) is 7.99. The highest BCUT2D eigenvalue weighted by molar-refractivity contribution is 5.69. The average Bonchev–Trinajstić information content (AvgIpc) is 2.34. The Hall–Kier alpha value is -0.610. The Labute approximate surface area is 105 Å². The first-order valence-corrected chi connectivity index (χ1v) is 6.42. The van der Waals surface area contributed by atoms with Gasteiger partial charge in [-0.15, -0.1) is 0 Å². The van der Waals surface area contributed by atoms with E-state index in [0.29, 0.717) is 19.1 Å². The number of nitrogens with zero attached hydrogens (tertiary/aromatic N) is 1. The van der Waals surface area contributed by atoms with Gasteiger partial charge in [0.25, 0.3) is 0 Å². The maximum atomic E-state index is 11.3. The number of carbonyl (C=O) groups is 1. The van der Waals surface area contributed by atoms with Crippen LogP contribution in [0, 0.1) is 0 Å². The van der Waals surface area contributed by atoms with Crippen LogP contribution in [0.3, 0.4) is 0 Å². The van der Waals surface area contributed by atoms with Crippen molar-refractivity contribution in [3.05, 3.63) is 0 Å². The van der Waals surface area contributed by atoms with Gasteiger partial charge in [-0.1, -0.05) is 13.8 Å². The molecular formula is C13H27NO3. The van der Waals surface area contributed by atoms with Crippen molar-refractivity contribution in [2.24, 2.45) is 0 Å². The molecule has 4 heteroatoms. The summed E-state index contributed by atoms with van der Waals surface area (Å²) < 4.78 is 9.86. The number of ether oxygens (including phenoxy) is 2. The molecule has 17 heavy (non-hydrogen) atoms. The van der Waals surface area contributed by atoms with Gasteiger partial charge in [0.2, 0.25) is 0 Å². The summed E-state index contributed by atoms with van der Waals surface area (Å²) in [5.74, 6) is -0.147. The molecule has 0 aromatic carbocycles. The van der Waals surface area contributed by atoms with E-state index in [4.69, 9.17) is 9.47 Å². The Morgan fingerprint density at radius 2 is 1.82 bits per heavy atom. The molecule has 0 saturated carbocycles. The number of rotatable bonds is 9. The van der Waals surface area contributed by atoms with E-state index < -0.39 is 0 Å². The molecule has 0 radical (unpaired) electrons. The number of esters is 1. The quantitative estimate of drug-likeness (QED) is 0.583. The van der Waals surface area contributed by atoms with Crippen LogP contribution < -0.4 is 0 Å². The van der Waals surface area contributed by atoms with Crippen molar-refractivity contribution < 1.29 is 14.3 Å². The van der Waals surface area contributed by atoms with E-state index in [9.17, 15) is 4.79 Å². The summed E-state index contributed by atoms with van der Waals surface area (Å²) >= 11 is 0. The Morgan fingerprint density at radius 1 is 1.24 bits per heavy atom. The summed E-state index contributed by atoms with van der Waals surface area (Å²) in [7, 11) is 3.14. The summed E-state index contributed by atoms with van der Waals surface area (Å²) in [6.07, 6.45) is 2.62. The van der Waals surface area contributed by atoms with Crippen molar-refractivity contribution in [1.29, 1.82) is 0 Å². The predicted molar refractivity (Wildman–Crippen MR) is 69.0 cm³/mol. The Bertz CT molecular complexity index is 205. The van der Waals surface area contributed by atoms with Crippen molar-refractivity contribution in [3.8, 4) is 0 Å². The van der Waals surface area contributed by atoms with Crippen molar-refractivity contribution in [2.45, 2.75) is 52.1 Å². The van der Waals surface area contributed by atoms with Gasteiger partial charge < -0.3 is 9.47 Å². The lowest BCUT2D eigenvalue weighted by molar-refractivity contribution is -0.142. The van der Waals surface area contributed by atoms with Gasteiger partial charge in [-0.3, -0.25) is 9.69 Å². The molecule has 0 fully saturated rings. The van der Waals surface area contributed by atoms with E-state index >= 15 is 0 Å². The first kappa shape index (κ1) is 16.4. The maximum Gasteiger partial charge on any atom is 0.307 e. The van der Waals surface area contributed by atoms with E-state index in [1.165, 1.54) is 7.11 Å². The molecule has 0 saturated heterocycles. The predicted octanol–water partition coefficient (Wildman–Crippen LogP) is 2.08. The highest BCUT2D eigenvalue weighted by atomic mass is 16.5. The fourth-order valence-electron chi connectivity index (χ4n) is 2.16. The third kappa shape index (κ3) is 6.03. The standard InChI is InChI=1S/C13H27NO3/c1-6-12(7-2)14(8-9-16-4)11(3)10-13(15)17-5/h11-12H,6-10H2,1-5H3. The minimum atomic E-state index is -0.147. The average molecular weight is 245 g/mol. The highest BCUT2D eigenvalue weighted by Crippen LogP contribution is 2.15. The molecular weight excluding hydrogens is 218 g/mol. The lowest BCUT2D eigenvalue weighted by atomic mass is 10.1. The van der Waals surface area contributed by atoms with Gasteiger partial charge in [0, 0.05) is 25.7 Å². The molecule has 0 aliphatic heterocycles. The first-order valence-electron chi connectivity index (χ1n) is 6.42. The topological polar surface area (TPSA) is 38.8 Å². The van der Waals surface area contributed by atoms with Crippen molar-refractivity contribution in [3.63, 3.8) is 0 Å². The third-order valence-corrected chi connectivity index (χ3v) is 3.22. The molecule has 4 nitrogen and oxygen atoms in total. The SMILES string of the molecule is CCC(CC)N(CCOC)C(C)CC(=O)OC. The molecule has 0 rings (SSSR count). The maximum absolute atomic E-state index is 11.3. The molecule has 0 aromatic rings. The lowest BCUT2D eigenvalue weighted by Crippen LogP contribution is -2.44. The zero-order valence-corrected chi connectivity index (χ0v) is 11.9. The normalized spacial score (nSPS) is 13.1. The van der Waals surface area contributed by atoms with Crippen LogP contribution in [0.1, 0.15) is 40.0 Å². The zero-order chi connectivity index (χ0) is 13.3. The molecule has 1 unspecified atom stereocenters. The van der Waals surface area contributed by atoms with E-state index in [2.05, 4.69) is 25.7 Å². The first-order chi connectivity index (χ1) is 8.10. The van der Waals surface area contributed by atoms with Crippen LogP contribution in [0.25, 0.3) is 0 Å². The molecule has 0 aliphatic carbocycles. The van der Waals surface area contributed by atoms with Gasteiger partial charge in [0.15, 0.2) is 0 Å². The van der Waals surface area contributed by atoms with Crippen molar-refractivity contribution >= 4 is 5.97 Å². The molecule has 0 aromatic heterocycles. The van der Waals surface area contributed by atoms with Crippen LogP contribution in [0.5, 0.6) is 0 Å². The highest BCUT2D eigenvalue weighted by Gasteiger charge is 2.22. The second-order valence-corrected chi connectivity index (χ2v) is 4.33. The Balaban J connectivity index is 4.47. The number of hydrogen-bond acceptors (Lipinski definition) is 4. The minimum Gasteiger partial charge on any atom is -0.469 e. The van der Waals surface area contributed by atoms with E-state index in [-0.39, 0.29) is 12.0 Å². The lowest BCUT2D eigenvalue weighted by Gasteiger charge is -2.35. The Kier molecular flexibility index (Phi) is 9.09. The van der Waals surface area contributed by atoms with Gasteiger partial charge in [-0.2, -0.15) is 0 Å².